The van der Waals surface area contributed by atoms with Crippen LogP contribution >= 0.6 is 0 Å². The van der Waals surface area contributed by atoms with E-state index >= 15 is 0 Å². The van der Waals surface area contributed by atoms with Gasteiger partial charge in [-0.2, -0.15) is 0 Å². The van der Waals surface area contributed by atoms with Crippen LogP contribution in [0.5, 0.6) is 0 Å². The minimum atomic E-state index is -0.0910. The first-order chi connectivity index (χ1) is 9.79. The van der Waals surface area contributed by atoms with Crippen LogP contribution in [0.15, 0.2) is 24.3 Å². The lowest BCUT2D eigenvalue weighted by Gasteiger charge is -2.27. The topological polar surface area (TPSA) is 32.7 Å². The van der Waals surface area contributed by atoms with Crippen LogP contribution in [0.25, 0.3) is 0 Å². The average molecular weight is 273 g/mol. The molecule has 0 radical (unpaired) electrons. The van der Waals surface area contributed by atoms with Gasteiger partial charge in [0.25, 0.3) is 0 Å². The van der Waals surface area contributed by atoms with E-state index in [0.717, 1.165) is 50.6 Å². The Morgan fingerprint density at radius 1 is 1.30 bits per heavy atom. The highest BCUT2D eigenvalue weighted by molar-refractivity contribution is 5.41. The maximum atomic E-state index is 8.82. The van der Waals surface area contributed by atoms with Crippen molar-refractivity contribution in [2.75, 3.05) is 33.4 Å². The van der Waals surface area contributed by atoms with Crippen LogP contribution in [0, 0.1) is 17.8 Å². The molecule has 0 aromatic heterocycles. The molecule has 0 aliphatic carbocycles. The Hall–Kier alpha value is -1.34. The molecule has 0 amide bonds. The summed E-state index contributed by atoms with van der Waals surface area (Å²) in [4.78, 5) is 2.36. The van der Waals surface area contributed by atoms with Crippen LogP contribution in [0.2, 0.25) is 0 Å². The van der Waals surface area contributed by atoms with Gasteiger partial charge >= 0.3 is 0 Å². The number of aliphatic hydroxyl groups excluding tert-OH is 1. The van der Waals surface area contributed by atoms with Gasteiger partial charge in [-0.15, -0.1) is 0 Å². The molecule has 20 heavy (non-hydrogen) atoms. The lowest BCUT2D eigenvalue weighted by atomic mass is 9.99. The summed E-state index contributed by atoms with van der Waals surface area (Å²) < 4.78 is 5.40. The van der Waals surface area contributed by atoms with Crippen molar-refractivity contribution < 1.29 is 9.84 Å². The van der Waals surface area contributed by atoms with E-state index in [9.17, 15) is 0 Å². The van der Waals surface area contributed by atoms with E-state index in [1.807, 2.05) is 18.2 Å². The van der Waals surface area contributed by atoms with E-state index in [1.54, 1.807) is 0 Å². The highest BCUT2D eigenvalue weighted by Crippen LogP contribution is 2.17. The van der Waals surface area contributed by atoms with Crippen LogP contribution in [0.1, 0.15) is 24.0 Å². The van der Waals surface area contributed by atoms with E-state index in [2.05, 4.69) is 29.9 Å². The first-order valence-electron chi connectivity index (χ1n) is 7.23. The van der Waals surface area contributed by atoms with Crippen LogP contribution in [-0.2, 0) is 11.3 Å². The molecule has 1 aromatic carbocycles. The molecule has 0 unspecified atom stereocenters. The van der Waals surface area contributed by atoms with Crippen molar-refractivity contribution in [2.45, 2.75) is 19.4 Å². The Morgan fingerprint density at radius 2 is 2.05 bits per heavy atom. The lowest BCUT2D eigenvalue weighted by Crippen LogP contribution is -2.29. The Balaban J connectivity index is 1.94. The molecular weight excluding hydrogens is 250 g/mol. The Bertz CT molecular complexity index is 469. The zero-order chi connectivity index (χ0) is 14.2. The summed E-state index contributed by atoms with van der Waals surface area (Å²) in [5.41, 5.74) is 2.24. The van der Waals surface area contributed by atoms with E-state index in [-0.39, 0.29) is 6.61 Å². The molecule has 1 fully saturated rings. The van der Waals surface area contributed by atoms with E-state index in [0.29, 0.717) is 0 Å². The van der Waals surface area contributed by atoms with Crippen molar-refractivity contribution in [1.82, 2.24) is 4.90 Å². The summed E-state index contributed by atoms with van der Waals surface area (Å²) in [5, 5.41) is 8.82. The molecule has 1 aromatic rings. The number of aliphatic hydroxyl groups is 1. The summed E-state index contributed by atoms with van der Waals surface area (Å²) in [6, 6.07) is 8.16. The second-order valence-corrected chi connectivity index (χ2v) is 5.37. The third-order valence-electron chi connectivity index (χ3n) is 3.67. The highest BCUT2D eigenvalue weighted by atomic mass is 16.5. The van der Waals surface area contributed by atoms with Gasteiger partial charge in [0, 0.05) is 31.9 Å². The molecular formula is C17H23NO2. The molecule has 0 saturated carbocycles. The first-order valence-corrected chi connectivity index (χ1v) is 7.23. The predicted molar refractivity (Wildman–Crippen MR) is 80.3 cm³/mol. The number of hydrogen-bond acceptors (Lipinski definition) is 3. The van der Waals surface area contributed by atoms with Gasteiger partial charge in [-0.3, -0.25) is 0 Å². The summed E-state index contributed by atoms with van der Waals surface area (Å²) in [5.74, 6) is 6.50. The molecule has 1 heterocycles. The second kappa shape index (κ2) is 8.06. The summed E-state index contributed by atoms with van der Waals surface area (Å²) in [6.45, 7) is 3.71. The fourth-order valence-corrected chi connectivity index (χ4v) is 2.64. The van der Waals surface area contributed by atoms with Gasteiger partial charge in [-0.25, -0.2) is 0 Å². The summed E-state index contributed by atoms with van der Waals surface area (Å²) in [7, 11) is 2.16. The molecule has 1 aliphatic heterocycles. The minimum absolute atomic E-state index is 0.0910. The standard InChI is InChI=1S/C17H23NO2/c1-18(13-15-8-11-20-12-9-15)14-17-6-3-2-5-16(17)7-4-10-19/h2-3,5-6,15,19H,8-14H2,1H3. The van der Waals surface area contributed by atoms with Crippen molar-refractivity contribution in [3.8, 4) is 11.8 Å². The Morgan fingerprint density at radius 3 is 2.80 bits per heavy atom. The average Bonchev–Trinajstić information content (AvgIpc) is 2.47. The quantitative estimate of drug-likeness (QED) is 0.850. The monoisotopic (exact) mass is 273 g/mol. The molecule has 1 saturated heterocycles. The number of benzene rings is 1. The molecule has 0 bridgehead atoms. The van der Waals surface area contributed by atoms with Gasteiger partial charge in [-0.05, 0) is 37.4 Å². The van der Waals surface area contributed by atoms with Gasteiger partial charge in [0.1, 0.15) is 6.61 Å². The highest BCUT2D eigenvalue weighted by Gasteiger charge is 2.16. The maximum Gasteiger partial charge on any atom is 0.104 e. The van der Waals surface area contributed by atoms with Crippen molar-refractivity contribution in [3.63, 3.8) is 0 Å². The zero-order valence-electron chi connectivity index (χ0n) is 12.1. The molecule has 0 spiro atoms. The van der Waals surface area contributed by atoms with Crippen molar-refractivity contribution in [1.29, 1.82) is 0 Å². The van der Waals surface area contributed by atoms with Gasteiger partial charge in [0.2, 0.25) is 0 Å². The van der Waals surface area contributed by atoms with Crippen LogP contribution in [0.4, 0.5) is 0 Å². The van der Waals surface area contributed by atoms with Gasteiger partial charge in [-0.1, -0.05) is 30.0 Å². The fourth-order valence-electron chi connectivity index (χ4n) is 2.64. The Kier molecular flexibility index (Phi) is 6.07. The van der Waals surface area contributed by atoms with E-state index < -0.39 is 0 Å². The lowest BCUT2D eigenvalue weighted by molar-refractivity contribution is 0.0549. The van der Waals surface area contributed by atoms with Gasteiger partial charge in [0.05, 0.1) is 0 Å². The van der Waals surface area contributed by atoms with Crippen LogP contribution in [-0.4, -0.2) is 43.4 Å². The molecule has 1 aliphatic rings. The van der Waals surface area contributed by atoms with E-state index in [4.69, 9.17) is 9.84 Å². The number of hydrogen-bond donors (Lipinski definition) is 1. The molecule has 108 valence electrons. The Labute approximate surface area is 121 Å². The fraction of sp³-hybridized carbons (Fsp3) is 0.529. The van der Waals surface area contributed by atoms with Gasteiger partial charge in [0.15, 0.2) is 0 Å². The maximum absolute atomic E-state index is 8.82. The third-order valence-corrected chi connectivity index (χ3v) is 3.67. The summed E-state index contributed by atoms with van der Waals surface area (Å²) >= 11 is 0. The normalized spacial score (nSPS) is 15.9. The van der Waals surface area contributed by atoms with Crippen LogP contribution in [0.3, 0.4) is 0 Å². The molecule has 3 heteroatoms. The van der Waals surface area contributed by atoms with Crippen molar-refractivity contribution >= 4 is 0 Å². The smallest absolute Gasteiger partial charge is 0.104 e. The zero-order valence-corrected chi connectivity index (χ0v) is 12.1. The number of ether oxygens (including phenoxy) is 1. The number of rotatable bonds is 4. The van der Waals surface area contributed by atoms with E-state index in [1.165, 1.54) is 5.56 Å². The SMILES string of the molecule is CN(Cc1ccccc1C#CCO)CC1CCOCC1. The number of nitrogens with zero attached hydrogens (tertiary/aromatic N) is 1. The van der Waals surface area contributed by atoms with Crippen LogP contribution < -0.4 is 0 Å². The molecule has 2 rings (SSSR count). The van der Waals surface area contributed by atoms with Crippen molar-refractivity contribution in [2.24, 2.45) is 5.92 Å². The first kappa shape index (κ1) is 15.1. The largest absolute Gasteiger partial charge is 0.384 e. The molecule has 3 nitrogen and oxygen atoms in total. The third kappa shape index (κ3) is 4.64. The molecule has 1 N–H and O–H groups in total. The molecule has 0 atom stereocenters. The van der Waals surface area contributed by atoms with Crippen molar-refractivity contribution in [3.05, 3.63) is 35.4 Å². The second-order valence-electron chi connectivity index (χ2n) is 5.37. The summed E-state index contributed by atoms with van der Waals surface area (Å²) in [6.07, 6.45) is 2.33. The predicted octanol–water partition coefficient (Wildman–Crippen LogP) is 1.89. The minimum Gasteiger partial charge on any atom is -0.384 e. The van der Waals surface area contributed by atoms with Gasteiger partial charge < -0.3 is 14.7 Å².